The van der Waals surface area contributed by atoms with Crippen LogP contribution in [0.1, 0.15) is 50.7 Å². The number of carbonyl (C=O) groups excluding carboxylic acids is 1. The summed E-state index contributed by atoms with van der Waals surface area (Å²) in [6, 6.07) is 5.98. The van der Waals surface area contributed by atoms with Gasteiger partial charge in [0.25, 0.3) is 0 Å². The first kappa shape index (κ1) is 18.9. The molecule has 0 aliphatic carbocycles. The first-order valence-corrected chi connectivity index (χ1v) is 9.03. The van der Waals surface area contributed by atoms with Crippen LogP contribution in [0.25, 0.3) is 0 Å². The topological polar surface area (TPSA) is 52.6 Å². The number of unbranched alkanes of at least 4 members (excludes halogenated alkanes) is 2. The van der Waals surface area contributed by atoms with Crippen molar-refractivity contribution >= 4 is 5.91 Å². The van der Waals surface area contributed by atoms with Gasteiger partial charge in [0.15, 0.2) is 0 Å². The summed E-state index contributed by atoms with van der Waals surface area (Å²) in [7, 11) is 0. The van der Waals surface area contributed by atoms with Crippen LogP contribution in [0.5, 0.6) is 0 Å². The molecule has 134 valence electrons. The number of likely N-dealkylation sites (tertiary alicyclic amines) is 1. The molecule has 0 radical (unpaired) electrons. The molecular weight excluding hydrogens is 307 g/mol. The van der Waals surface area contributed by atoms with Gasteiger partial charge in [0.2, 0.25) is 5.91 Å². The summed E-state index contributed by atoms with van der Waals surface area (Å²) < 4.78 is 12.9. The van der Waals surface area contributed by atoms with Crippen molar-refractivity contribution in [1.82, 2.24) is 10.2 Å². The normalized spacial score (nSPS) is 17.6. The number of aliphatic hydroxyl groups excluding tert-OH is 1. The summed E-state index contributed by atoms with van der Waals surface area (Å²) in [5, 5.41) is 13.3. The Morgan fingerprint density at radius 1 is 1.29 bits per heavy atom. The molecule has 1 unspecified atom stereocenters. The second-order valence-electron chi connectivity index (χ2n) is 6.64. The van der Waals surface area contributed by atoms with Crippen LogP contribution in [0.2, 0.25) is 0 Å². The average molecular weight is 336 g/mol. The number of carbonyl (C=O) groups is 1. The molecule has 1 aliphatic rings. The van der Waals surface area contributed by atoms with E-state index in [0.29, 0.717) is 6.54 Å². The van der Waals surface area contributed by atoms with E-state index in [-0.39, 0.29) is 17.6 Å². The molecule has 1 fully saturated rings. The number of amides is 1. The third-order valence-corrected chi connectivity index (χ3v) is 4.72. The molecule has 2 rings (SSSR count). The number of piperidine rings is 1. The van der Waals surface area contributed by atoms with E-state index in [4.69, 9.17) is 0 Å². The largest absolute Gasteiger partial charge is 0.387 e. The van der Waals surface area contributed by atoms with E-state index >= 15 is 0 Å². The first-order chi connectivity index (χ1) is 11.6. The fourth-order valence-electron chi connectivity index (χ4n) is 3.14. The lowest BCUT2D eigenvalue weighted by Crippen LogP contribution is -2.42. The maximum atomic E-state index is 12.9. The Morgan fingerprint density at radius 3 is 2.58 bits per heavy atom. The van der Waals surface area contributed by atoms with Crippen molar-refractivity contribution in [2.24, 2.45) is 5.92 Å². The second-order valence-corrected chi connectivity index (χ2v) is 6.64. The Balaban J connectivity index is 1.70. The molecule has 0 bridgehead atoms. The highest BCUT2D eigenvalue weighted by molar-refractivity contribution is 5.78. The molecular formula is C19H29FN2O2. The number of nitrogens with zero attached hydrogens (tertiary/aromatic N) is 1. The Labute approximate surface area is 144 Å². The van der Waals surface area contributed by atoms with E-state index in [9.17, 15) is 14.3 Å². The third-order valence-electron chi connectivity index (χ3n) is 4.72. The van der Waals surface area contributed by atoms with E-state index in [1.807, 2.05) is 0 Å². The van der Waals surface area contributed by atoms with Gasteiger partial charge in [-0.05, 0) is 50.0 Å². The van der Waals surface area contributed by atoms with Gasteiger partial charge < -0.3 is 15.3 Å². The van der Waals surface area contributed by atoms with Gasteiger partial charge >= 0.3 is 0 Å². The van der Waals surface area contributed by atoms with Crippen molar-refractivity contribution in [3.05, 3.63) is 35.6 Å². The van der Waals surface area contributed by atoms with Crippen molar-refractivity contribution < 1.29 is 14.3 Å². The quantitative estimate of drug-likeness (QED) is 0.718. The van der Waals surface area contributed by atoms with Crippen LogP contribution in [0.15, 0.2) is 24.3 Å². The summed E-state index contributed by atoms with van der Waals surface area (Å²) in [6.07, 6.45) is 4.39. The monoisotopic (exact) mass is 336 g/mol. The van der Waals surface area contributed by atoms with Gasteiger partial charge in [-0.1, -0.05) is 31.9 Å². The number of β-amino-alcohol motifs (C(OH)–C–C–N with tert-alkyl or cyclic N) is 1. The molecule has 1 amide bonds. The van der Waals surface area contributed by atoms with Crippen molar-refractivity contribution in [3.8, 4) is 0 Å². The third kappa shape index (κ3) is 5.87. The maximum Gasteiger partial charge on any atom is 0.223 e. The van der Waals surface area contributed by atoms with Crippen molar-refractivity contribution in [3.63, 3.8) is 0 Å². The summed E-state index contributed by atoms with van der Waals surface area (Å²) in [5.41, 5.74) is 0.729. The minimum absolute atomic E-state index is 0.0887. The average Bonchev–Trinajstić information content (AvgIpc) is 2.59. The predicted molar refractivity (Wildman–Crippen MR) is 93.1 cm³/mol. The van der Waals surface area contributed by atoms with Gasteiger partial charge in [0.1, 0.15) is 5.82 Å². The molecule has 1 aromatic carbocycles. The lowest BCUT2D eigenvalue weighted by molar-refractivity contribution is -0.126. The van der Waals surface area contributed by atoms with Crippen LogP contribution >= 0.6 is 0 Å². The number of hydrogen-bond acceptors (Lipinski definition) is 3. The number of halogens is 1. The number of benzene rings is 1. The minimum atomic E-state index is -0.620. The zero-order chi connectivity index (χ0) is 17.4. The number of nitrogens with one attached hydrogen (secondary N) is 1. The highest BCUT2D eigenvalue weighted by atomic mass is 19.1. The highest BCUT2D eigenvalue weighted by Gasteiger charge is 2.25. The molecule has 24 heavy (non-hydrogen) atoms. The van der Waals surface area contributed by atoms with Crippen molar-refractivity contribution in [2.45, 2.75) is 45.1 Å². The number of rotatable bonds is 8. The number of hydrogen-bond donors (Lipinski definition) is 2. The molecule has 1 saturated heterocycles. The van der Waals surface area contributed by atoms with Crippen LogP contribution in [0.3, 0.4) is 0 Å². The Morgan fingerprint density at radius 2 is 1.96 bits per heavy atom. The molecule has 1 aromatic rings. The van der Waals surface area contributed by atoms with Crippen molar-refractivity contribution in [1.29, 1.82) is 0 Å². The molecule has 1 aliphatic heterocycles. The molecule has 1 heterocycles. The summed E-state index contributed by atoms with van der Waals surface area (Å²) in [5.74, 6) is -0.0348. The minimum Gasteiger partial charge on any atom is -0.387 e. The molecule has 0 aromatic heterocycles. The second kappa shape index (κ2) is 9.74. The van der Waals surface area contributed by atoms with Crippen LogP contribution in [-0.4, -0.2) is 42.1 Å². The van der Waals surface area contributed by atoms with E-state index < -0.39 is 6.10 Å². The van der Waals surface area contributed by atoms with Crippen LogP contribution < -0.4 is 5.32 Å². The highest BCUT2D eigenvalue weighted by Crippen LogP contribution is 2.21. The van der Waals surface area contributed by atoms with Gasteiger partial charge in [0, 0.05) is 19.0 Å². The molecule has 4 nitrogen and oxygen atoms in total. The smallest absolute Gasteiger partial charge is 0.223 e. The zero-order valence-corrected chi connectivity index (χ0v) is 14.5. The fourth-order valence-corrected chi connectivity index (χ4v) is 3.14. The van der Waals surface area contributed by atoms with Crippen molar-refractivity contribution in [2.75, 3.05) is 26.2 Å². The molecule has 1 atom stereocenters. The van der Waals surface area contributed by atoms with Gasteiger partial charge in [-0.3, -0.25) is 4.79 Å². The first-order valence-electron chi connectivity index (χ1n) is 9.03. The predicted octanol–water partition coefficient (Wildman–Crippen LogP) is 2.88. The Bertz CT molecular complexity index is 499. The lowest BCUT2D eigenvalue weighted by Gasteiger charge is -2.32. The van der Waals surface area contributed by atoms with Crippen LogP contribution in [0, 0.1) is 11.7 Å². The number of aliphatic hydroxyl groups is 1. The summed E-state index contributed by atoms with van der Waals surface area (Å²) in [4.78, 5) is 14.3. The van der Waals surface area contributed by atoms with Gasteiger partial charge in [-0.25, -0.2) is 4.39 Å². The van der Waals surface area contributed by atoms with Crippen LogP contribution in [-0.2, 0) is 4.79 Å². The van der Waals surface area contributed by atoms with E-state index in [2.05, 4.69) is 17.1 Å². The Hall–Kier alpha value is -1.46. The standard InChI is InChI=1S/C19H29FN2O2/c1-2-3-4-11-21-19(24)16-9-12-22(13-10-16)14-18(23)15-5-7-17(20)8-6-15/h5-8,16,18,23H,2-4,9-14H2,1H3,(H,21,24). The van der Waals surface area contributed by atoms with E-state index in [0.717, 1.165) is 57.3 Å². The maximum absolute atomic E-state index is 12.9. The van der Waals surface area contributed by atoms with E-state index in [1.54, 1.807) is 12.1 Å². The molecule has 0 spiro atoms. The lowest BCUT2D eigenvalue weighted by atomic mass is 9.95. The van der Waals surface area contributed by atoms with Gasteiger partial charge in [-0.15, -0.1) is 0 Å². The molecule has 5 heteroatoms. The van der Waals surface area contributed by atoms with Crippen LogP contribution in [0.4, 0.5) is 4.39 Å². The summed E-state index contributed by atoms with van der Waals surface area (Å²) in [6.45, 7) is 5.07. The van der Waals surface area contributed by atoms with Gasteiger partial charge in [0.05, 0.1) is 6.10 Å². The van der Waals surface area contributed by atoms with Gasteiger partial charge in [-0.2, -0.15) is 0 Å². The SMILES string of the molecule is CCCCCNC(=O)C1CCN(CC(O)c2ccc(F)cc2)CC1. The zero-order valence-electron chi connectivity index (χ0n) is 14.5. The molecule has 0 saturated carbocycles. The fraction of sp³-hybridized carbons (Fsp3) is 0.632. The van der Waals surface area contributed by atoms with E-state index in [1.165, 1.54) is 12.1 Å². The molecule has 2 N–H and O–H groups in total. The summed E-state index contributed by atoms with van der Waals surface area (Å²) >= 11 is 0. The Kier molecular flexibility index (Phi) is 7.66.